The zero-order valence-corrected chi connectivity index (χ0v) is 12.6. The molecule has 0 aromatic heterocycles. The summed E-state index contributed by atoms with van der Waals surface area (Å²) in [6.07, 6.45) is 0. The summed E-state index contributed by atoms with van der Waals surface area (Å²) in [5, 5.41) is 2.82. The van der Waals surface area contributed by atoms with Gasteiger partial charge in [0.15, 0.2) is 11.5 Å². The molecule has 0 unspecified atom stereocenters. The molecule has 6 heteroatoms. The number of carbonyl (C=O) groups is 1. The molecule has 0 bridgehead atoms. The first kappa shape index (κ1) is 16.6. The largest absolute Gasteiger partial charge is 0.486 e. The van der Waals surface area contributed by atoms with Crippen LogP contribution in [0, 0.1) is 0 Å². The van der Waals surface area contributed by atoms with Crippen molar-refractivity contribution < 1.29 is 14.3 Å². The highest BCUT2D eigenvalue weighted by Gasteiger charge is 2.23. The van der Waals surface area contributed by atoms with Crippen molar-refractivity contribution in [2.75, 3.05) is 26.3 Å². The molecule has 0 radical (unpaired) electrons. The van der Waals surface area contributed by atoms with Gasteiger partial charge in [0.2, 0.25) is 5.91 Å². The molecule has 1 aromatic rings. The van der Waals surface area contributed by atoms with Crippen LogP contribution in [0.3, 0.4) is 0 Å². The van der Waals surface area contributed by atoms with E-state index in [1.54, 1.807) is 0 Å². The third-order valence-corrected chi connectivity index (χ3v) is 3.24. The average molecular weight is 301 g/mol. The van der Waals surface area contributed by atoms with Crippen LogP contribution in [0.5, 0.6) is 11.5 Å². The predicted octanol–water partition coefficient (Wildman–Crippen LogP) is 1.23. The predicted molar refractivity (Wildman–Crippen MR) is 79.8 cm³/mol. The van der Waals surface area contributed by atoms with Crippen LogP contribution < -0.4 is 20.5 Å². The molecule has 0 fully saturated rings. The summed E-state index contributed by atoms with van der Waals surface area (Å²) in [6, 6.07) is 5.89. The third kappa shape index (κ3) is 3.77. The third-order valence-electron chi connectivity index (χ3n) is 3.24. The van der Waals surface area contributed by atoms with Crippen LogP contribution in [-0.4, -0.2) is 32.2 Å². The first-order chi connectivity index (χ1) is 9.03. The maximum Gasteiger partial charge on any atom is 0.233 e. The normalized spacial score (nSPS) is 13.3. The lowest BCUT2D eigenvalue weighted by atomic mass is 9.84. The Morgan fingerprint density at radius 2 is 1.95 bits per heavy atom. The van der Waals surface area contributed by atoms with Gasteiger partial charge in [0, 0.05) is 12.0 Å². The fraction of sp³-hybridized carbons (Fsp3) is 0.500. The van der Waals surface area contributed by atoms with Crippen molar-refractivity contribution in [2.45, 2.75) is 19.3 Å². The minimum atomic E-state index is -0.194. The Hall–Kier alpha value is -1.46. The second kappa shape index (κ2) is 6.81. The quantitative estimate of drug-likeness (QED) is 0.877. The second-order valence-electron chi connectivity index (χ2n) is 5.22. The van der Waals surface area contributed by atoms with Crippen LogP contribution >= 0.6 is 12.4 Å². The zero-order chi connectivity index (χ0) is 13.9. The lowest BCUT2D eigenvalue weighted by Gasteiger charge is -2.27. The minimum absolute atomic E-state index is 0. The standard InChI is InChI=1S/C14H20N2O3.ClH/c1-14(2,9-16-13(17)8-15)10-3-4-11-12(7-10)19-6-5-18-11;/h3-4,7H,5-6,8-9,15H2,1-2H3,(H,16,17);1H. The number of ether oxygens (including phenoxy) is 2. The van der Waals surface area contributed by atoms with Crippen LogP contribution in [-0.2, 0) is 10.2 Å². The molecule has 3 N–H and O–H groups in total. The number of nitrogens with two attached hydrogens (primary N) is 1. The highest BCUT2D eigenvalue weighted by molar-refractivity contribution is 5.85. The van der Waals surface area contributed by atoms with Gasteiger partial charge in [-0.15, -0.1) is 12.4 Å². The van der Waals surface area contributed by atoms with E-state index in [-0.39, 0.29) is 30.3 Å². The molecule has 20 heavy (non-hydrogen) atoms. The summed E-state index contributed by atoms with van der Waals surface area (Å²) < 4.78 is 11.1. The number of halogens is 1. The molecular weight excluding hydrogens is 280 g/mol. The smallest absolute Gasteiger partial charge is 0.233 e. The summed E-state index contributed by atoms with van der Waals surface area (Å²) in [5.41, 5.74) is 6.18. The fourth-order valence-electron chi connectivity index (χ4n) is 1.96. The molecule has 1 aliphatic rings. The topological polar surface area (TPSA) is 73.6 Å². The van der Waals surface area contributed by atoms with Crippen molar-refractivity contribution >= 4 is 18.3 Å². The molecule has 2 rings (SSSR count). The first-order valence-corrected chi connectivity index (χ1v) is 6.40. The van der Waals surface area contributed by atoms with Gasteiger partial charge < -0.3 is 20.5 Å². The number of carbonyl (C=O) groups excluding carboxylic acids is 1. The molecule has 0 atom stereocenters. The summed E-state index contributed by atoms with van der Waals surface area (Å²) in [7, 11) is 0. The summed E-state index contributed by atoms with van der Waals surface area (Å²) in [5.74, 6) is 1.39. The number of fused-ring (bicyclic) bond motifs is 1. The molecule has 1 aromatic carbocycles. The van der Waals surface area contributed by atoms with Crippen LogP contribution in [0.4, 0.5) is 0 Å². The highest BCUT2D eigenvalue weighted by Crippen LogP contribution is 2.34. The monoisotopic (exact) mass is 300 g/mol. The summed E-state index contributed by atoms with van der Waals surface area (Å²) in [6.45, 7) is 5.83. The average Bonchev–Trinajstić information content (AvgIpc) is 2.44. The molecular formula is C14H21ClN2O3. The fourth-order valence-corrected chi connectivity index (χ4v) is 1.96. The molecule has 0 saturated heterocycles. The number of nitrogens with one attached hydrogen (secondary N) is 1. The molecule has 1 heterocycles. The Labute approximate surface area is 125 Å². The van der Waals surface area contributed by atoms with Crippen molar-refractivity contribution in [3.63, 3.8) is 0 Å². The lowest BCUT2D eigenvalue weighted by molar-refractivity contribution is -0.119. The molecule has 0 aliphatic carbocycles. The van der Waals surface area contributed by atoms with Gasteiger partial charge in [-0.05, 0) is 17.7 Å². The Bertz CT molecular complexity index is 477. The number of hydrogen-bond acceptors (Lipinski definition) is 4. The van der Waals surface area contributed by atoms with E-state index in [4.69, 9.17) is 15.2 Å². The van der Waals surface area contributed by atoms with Gasteiger partial charge in [-0.3, -0.25) is 4.79 Å². The van der Waals surface area contributed by atoms with Crippen LogP contribution in [0.15, 0.2) is 18.2 Å². The molecule has 1 aliphatic heterocycles. The van der Waals surface area contributed by atoms with Crippen molar-refractivity contribution in [1.82, 2.24) is 5.32 Å². The van der Waals surface area contributed by atoms with Crippen LogP contribution in [0.25, 0.3) is 0 Å². The van der Waals surface area contributed by atoms with Gasteiger partial charge in [-0.2, -0.15) is 0 Å². The van der Waals surface area contributed by atoms with E-state index in [0.717, 1.165) is 17.1 Å². The number of benzene rings is 1. The van der Waals surface area contributed by atoms with E-state index in [9.17, 15) is 4.79 Å². The van der Waals surface area contributed by atoms with Gasteiger partial charge in [0.05, 0.1) is 6.54 Å². The van der Waals surface area contributed by atoms with Gasteiger partial charge in [0.1, 0.15) is 13.2 Å². The van der Waals surface area contributed by atoms with E-state index in [2.05, 4.69) is 19.2 Å². The van der Waals surface area contributed by atoms with Crippen molar-refractivity contribution in [1.29, 1.82) is 0 Å². The lowest BCUT2D eigenvalue weighted by Crippen LogP contribution is -2.39. The molecule has 0 spiro atoms. The van der Waals surface area contributed by atoms with Crippen molar-refractivity contribution in [2.24, 2.45) is 5.73 Å². The second-order valence-corrected chi connectivity index (χ2v) is 5.22. The van der Waals surface area contributed by atoms with E-state index < -0.39 is 0 Å². The zero-order valence-electron chi connectivity index (χ0n) is 11.8. The van der Waals surface area contributed by atoms with E-state index in [1.165, 1.54) is 0 Å². The highest BCUT2D eigenvalue weighted by atomic mass is 35.5. The van der Waals surface area contributed by atoms with Gasteiger partial charge >= 0.3 is 0 Å². The maximum atomic E-state index is 11.2. The van der Waals surface area contributed by atoms with Gasteiger partial charge in [-0.1, -0.05) is 19.9 Å². The molecule has 1 amide bonds. The SMILES string of the molecule is CC(C)(CNC(=O)CN)c1ccc2c(c1)OCCO2.Cl. The van der Waals surface area contributed by atoms with Gasteiger partial charge in [-0.25, -0.2) is 0 Å². The van der Waals surface area contributed by atoms with E-state index in [1.807, 2.05) is 18.2 Å². The van der Waals surface area contributed by atoms with Gasteiger partial charge in [0.25, 0.3) is 0 Å². The first-order valence-electron chi connectivity index (χ1n) is 6.40. The molecule has 0 saturated carbocycles. The summed E-state index contributed by atoms with van der Waals surface area (Å²) >= 11 is 0. The minimum Gasteiger partial charge on any atom is -0.486 e. The van der Waals surface area contributed by atoms with Crippen LogP contribution in [0.1, 0.15) is 19.4 Å². The van der Waals surface area contributed by atoms with Crippen molar-refractivity contribution in [3.05, 3.63) is 23.8 Å². The Morgan fingerprint density at radius 1 is 1.30 bits per heavy atom. The molecule has 112 valence electrons. The van der Waals surface area contributed by atoms with Crippen molar-refractivity contribution in [3.8, 4) is 11.5 Å². The summed E-state index contributed by atoms with van der Waals surface area (Å²) in [4.78, 5) is 11.2. The Morgan fingerprint density at radius 3 is 2.60 bits per heavy atom. The maximum absolute atomic E-state index is 11.2. The Kier molecular flexibility index (Phi) is 5.65. The van der Waals surface area contributed by atoms with E-state index >= 15 is 0 Å². The Balaban J connectivity index is 0.00000200. The number of amides is 1. The number of rotatable bonds is 4. The van der Waals surface area contributed by atoms with E-state index in [0.29, 0.717) is 19.8 Å². The molecule has 5 nitrogen and oxygen atoms in total. The van der Waals surface area contributed by atoms with Crippen LogP contribution in [0.2, 0.25) is 0 Å². The number of hydrogen-bond donors (Lipinski definition) is 2.